The first-order valence-corrected chi connectivity index (χ1v) is 9.86. The van der Waals surface area contributed by atoms with Crippen molar-refractivity contribution in [1.29, 1.82) is 0 Å². The fourth-order valence-corrected chi connectivity index (χ4v) is 3.72. The lowest BCUT2D eigenvalue weighted by atomic mass is 10.0. The van der Waals surface area contributed by atoms with Crippen LogP contribution in [0.4, 0.5) is 11.4 Å². The van der Waals surface area contributed by atoms with E-state index >= 15 is 0 Å². The molecule has 0 saturated carbocycles. The maximum Gasteiger partial charge on any atom is 0.163 e. The maximum atomic E-state index is 12.4. The minimum absolute atomic E-state index is 0. The van der Waals surface area contributed by atoms with E-state index in [1.54, 1.807) is 0 Å². The number of carbonyl (C=O) groups excluding carboxylic acids is 1. The number of Topliss-reactive ketones (excluding diaryl/α,β-unsaturated/α-hetero) is 1. The van der Waals surface area contributed by atoms with E-state index in [0.717, 1.165) is 56.9 Å². The Hall–Kier alpha value is -1.30. The van der Waals surface area contributed by atoms with Crippen LogP contribution in [0.3, 0.4) is 0 Å². The van der Waals surface area contributed by atoms with Gasteiger partial charge in [0, 0.05) is 62.6 Å². The van der Waals surface area contributed by atoms with E-state index in [2.05, 4.69) is 39.5 Å². The highest BCUT2D eigenvalue weighted by Crippen LogP contribution is 2.24. The third-order valence-electron chi connectivity index (χ3n) is 5.15. The molecule has 6 heteroatoms. The second kappa shape index (κ2) is 10.8. The lowest BCUT2D eigenvalue weighted by molar-refractivity contribution is 0.0982. The molecule has 2 N–H and O–H groups in total. The van der Waals surface area contributed by atoms with Crippen molar-refractivity contribution >= 4 is 29.6 Å². The maximum absolute atomic E-state index is 12.4. The number of halogens is 1. The smallest absolute Gasteiger partial charge is 0.163 e. The van der Waals surface area contributed by atoms with E-state index in [0.29, 0.717) is 6.42 Å². The third kappa shape index (κ3) is 5.86. The van der Waals surface area contributed by atoms with Crippen molar-refractivity contribution in [2.45, 2.75) is 32.6 Å². The van der Waals surface area contributed by atoms with Crippen LogP contribution in [0.15, 0.2) is 18.2 Å². The van der Waals surface area contributed by atoms with Gasteiger partial charge in [0.15, 0.2) is 5.78 Å². The highest BCUT2D eigenvalue weighted by molar-refractivity contribution is 5.98. The minimum atomic E-state index is 0. The Morgan fingerprint density at radius 3 is 2.54 bits per heavy atom. The molecule has 2 saturated heterocycles. The molecule has 0 atom stereocenters. The van der Waals surface area contributed by atoms with Crippen LogP contribution < -0.4 is 15.5 Å². The van der Waals surface area contributed by atoms with E-state index in [9.17, 15) is 4.79 Å². The molecule has 5 nitrogen and oxygen atoms in total. The molecule has 0 amide bonds. The summed E-state index contributed by atoms with van der Waals surface area (Å²) in [6.45, 7) is 10.5. The number of benzene rings is 1. The van der Waals surface area contributed by atoms with Crippen LogP contribution in [0, 0.1) is 0 Å². The van der Waals surface area contributed by atoms with Crippen molar-refractivity contribution in [2.75, 3.05) is 62.6 Å². The van der Waals surface area contributed by atoms with E-state index in [1.165, 1.54) is 31.6 Å². The predicted molar refractivity (Wildman–Crippen MR) is 112 cm³/mol. The third-order valence-corrected chi connectivity index (χ3v) is 5.15. The van der Waals surface area contributed by atoms with Crippen LogP contribution in [0.1, 0.15) is 43.0 Å². The molecule has 3 rings (SSSR count). The summed E-state index contributed by atoms with van der Waals surface area (Å²) in [6.07, 6.45) is 4.18. The zero-order chi connectivity index (χ0) is 17.5. The first-order valence-electron chi connectivity index (χ1n) is 9.86. The molecule has 1 aromatic rings. The number of rotatable bonds is 8. The van der Waals surface area contributed by atoms with E-state index in [1.807, 2.05) is 6.07 Å². The average Bonchev–Trinajstić information content (AvgIpc) is 3.16. The molecule has 26 heavy (non-hydrogen) atoms. The predicted octanol–water partition coefficient (Wildman–Crippen LogP) is 3.01. The summed E-state index contributed by atoms with van der Waals surface area (Å²) in [4.78, 5) is 17.3. The highest BCUT2D eigenvalue weighted by Gasteiger charge is 2.15. The van der Waals surface area contributed by atoms with Gasteiger partial charge in [-0.3, -0.25) is 4.79 Å². The van der Waals surface area contributed by atoms with Crippen LogP contribution in [0.25, 0.3) is 0 Å². The number of anilines is 2. The number of nitrogens with zero attached hydrogens (tertiary/aromatic N) is 2. The van der Waals surface area contributed by atoms with Crippen LogP contribution >= 0.6 is 12.4 Å². The molecule has 0 aliphatic carbocycles. The van der Waals surface area contributed by atoms with Crippen molar-refractivity contribution in [3.8, 4) is 0 Å². The Morgan fingerprint density at radius 2 is 1.85 bits per heavy atom. The molecule has 2 aliphatic rings. The Morgan fingerprint density at radius 1 is 1.12 bits per heavy atom. The van der Waals surface area contributed by atoms with E-state index in [-0.39, 0.29) is 18.2 Å². The Balaban J connectivity index is 0.00000243. The van der Waals surface area contributed by atoms with Crippen LogP contribution in [0.2, 0.25) is 0 Å². The zero-order valence-corrected chi connectivity index (χ0v) is 16.7. The Kier molecular flexibility index (Phi) is 8.69. The lowest BCUT2D eigenvalue weighted by Gasteiger charge is -2.30. The SMILES string of the molecule is CCCC(=O)c1cc(NCCN2CCCC2)cc(N2CCNCC2)c1.Cl. The van der Waals surface area contributed by atoms with Crippen molar-refractivity contribution in [3.63, 3.8) is 0 Å². The van der Waals surface area contributed by atoms with Crippen LogP contribution in [0.5, 0.6) is 0 Å². The first-order chi connectivity index (χ1) is 12.3. The van der Waals surface area contributed by atoms with Crippen LogP contribution in [-0.2, 0) is 0 Å². The normalized spacial score (nSPS) is 17.8. The van der Waals surface area contributed by atoms with Gasteiger partial charge >= 0.3 is 0 Å². The molecule has 0 spiro atoms. The summed E-state index contributed by atoms with van der Waals surface area (Å²) in [5, 5.41) is 6.94. The highest BCUT2D eigenvalue weighted by atomic mass is 35.5. The molecule has 0 radical (unpaired) electrons. The quantitative estimate of drug-likeness (QED) is 0.679. The van der Waals surface area contributed by atoms with Gasteiger partial charge in [0.25, 0.3) is 0 Å². The summed E-state index contributed by atoms with van der Waals surface area (Å²) in [7, 11) is 0. The average molecular weight is 381 g/mol. The molecule has 0 unspecified atom stereocenters. The van der Waals surface area contributed by atoms with Gasteiger partial charge in [-0.2, -0.15) is 0 Å². The molecule has 0 bridgehead atoms. The van der Waals surface area contributed by atoms with Gasteiger partial charge in [0.1, 0.15) is 0 Å². The van der Waals surface area contributed by atoms with Gasteiger partial charge in [-0.1, -0.05) is 6.92 Å². The van der Waals surface area contributed by atoms with Gasteiger partial charge in [-0.05, 0) is 50.6 Å². The number of nitrogens with one attached hydrogen (secondary N) is 2. The summed E-state index contributed by atoms with van der Waals surface area (Å²) in [5.41, 5.74) is 3.10. The largest absolute Gasteiger partial charge is 0.384 e. The second-order valence-electron chi connectivity index (χ2n) is 7.15. The lowest BCUT2D eigenvalue weighted by Crippen LogP contribution is -2.43. The van der Waals surface area contributed by atoms with E-state index < -0.39 is 0 Å². The first kappa shape index (κ1) is 21.0. The number of carbonyl (C=O) groups is 1. The van der Waals surface area contributed by atoms with Gasteiger partial charge in [0.05, 0.1) is 0 Å². The fourth-order valence-electron chi connectivity index (χ4n) is 3.72. The molecule has 1 aromatic carbocycles. The fraction of sp³-hybridized carbons (Fsp3) is 0.650. The van der Waals surface area contributed by atoms with Crippen molar-refractivity contribution in [1.82, 2.24) is 10.2 Å². The van der Waals surface area contributed by atoms with Crippen LogP contribution in [-0.4, -0.2) is 63.0 Å². The Labute approximate surface area is 163 Å². The molecule has 146 valence electrons. The minimum Gasteiger partial charge on any atom is -0.384 e. The van der Waals surface area contributed by atoms with E-state index in [4.69, 9.17) is 0 Å². The molecular weight excluding hydrogens is 348 g/mol. The summed E-state index contributed by atoms with van der Waals surface area (Å²) in [6, 6.07) is 6.32. The second-order valence-corrected chi connectivity index (χ2v) is 7.15. The number of piperazine rings is 1. The molecule has 2 aliphatic heterocycles. The number of likely N-dealkylation sites (tertiary alicyclic amines) is 1. The van der Waals surface area contributed by atoms with Gasteiger partial charge in [0.2, 0.25) is 0 Å². The summed E-state index contributed by atoms with van der Waals surface area (Å²) >= 11 is 0. The number of hydrogen-bond donors (Lipinski definition) is 2. The molecule has 2 fully saturated rings. The monoisotopic (exact) mass is 380 g/mol. The molecule has 2 heterocycles. The van der Waals surface area contributed by atoms with Gasteiger partial charge in [-0.25, -0.2) is 0 Å². The molecule has 0 aromatic heterocycles. The summed E-state index contributed by atoms with van der Waals surface area (Å²) < 4.78 is 0. The van der Waals surface area contributed by atoms with Crippen molar-refractivity contribution < 1.29 is 4.79 Å². The topological polar surface area (TPSA) is 47.6 Å². The van der Waals surface area contributed by atoms with Crippen molar-refractivity contribution in [3.05, 3.63) is 23.8 Å². The number of hydrogen-bond acceptors (Lipinski definition) is 5. The summed E-state index contributed by atoms with van der Waals surface area (Å²) in [5.74, 6) is 0.252. The van der Waals surface area contributed by atoms with Gasteiger partial charge in [-0.15, -0.1) is 12.4 Å². The molecular formula is C20H33ClN4O. The zero-order valence-electron chi connectivity index (χ0n) is 15.9. The van der Waals surface area contributed by atoms with Gasteiger partial charge < -0.3 is 20.4 Å². The Bertz CT molecular complexity index is 569. The van der Waals surface area contributed by atoms with Crippen molar-refractivity contribution in [2.24, 2.45) is 0 Å². The standard InChI is InChI=1S/C20H32N4O.ClH/c1-2-5-20(25)17-14-18(22-8-11-23-9-3-4-10-23)16-19(15-17)24-12-6-21-7-13-24;/h14-16,21-22H,2-13H2,1H3;1H. The number of ketones is 1.